The third kappa shape index (κ3) is 4.39. The van der Waals surface area contributed by atoms with Crippen LogP contribution in [-0.4, -0.2) is 47.9 Å². The molecular formula is C20H18FN7O4. The van der Waals surface area contributed by atoms with Crippen molar-refractivity contribution < 1.29 is 23.8 Å². The number of aromatic nitrogens is 5. The van der Waals surface area contributed by atoms with Gasteiger partial charge in [0.25, 0.3) is 11.8 Å². The zero-order valence-electron chi connectivity index (χ0n) is 17.0. The highest BCUT2D eigenvalue weighted by atomic mass is 19.1. The molecule has 0 atom stereocenters. The van der Waals surface area contributed by atoms with E-state index in [1.54, 1.807) is 32.2 Å². The molecule has 1 aromatic carbocycles. The number of rotatable bonds is 6. The molecule has 4 rings (SSSR count). The summed E-state index contributed by atoms with van der Waals surface area (Å²) in [5.41, 5.74) is 1.31. The van der Waals surface area contributed by atoms with Crippen molar-refractivity contribution in [1.82, 2.24) is 24.4 Å². The summed E-state index contributed by atoms with van der Waals surface area (Å²) in [4.78, 5) is 27.9. The van der Waals surface area contributed by atoms with E-state index in [4.69, 9.17) is 9.84 Å². The van der Waals surface area contributed by atoms with Crippen LogP contribution in [0.15, 0.2) is 42.6 Å². The van der Waals surface area contributed by atoms with Crippen LogP contribution in [0, 0.1) is 12.7 Å². The molecule has 0 saturated heterocycles. The van der Waals surface area contributed by atoms with Gasteiger partial charge in [0.05, 0.1) is 17.6 Å². The molecule has 164 valence electrons. The van der Waals surface area contributed by atoms with Gasteiger partial charge in [-0.05, 0) is 31.2 Å². The third-order valence-electron chi connectivity index (χ3n) is 4.35. The van der Waals surface area contributed by atoms with Gasteiger partial charge in [0, 0.05) is 19.2 Å². The number of aliphatic hydroxyl groups excluding tert-OH is 1. The molecule has 0 fully saturated rings. The van der Waals surface area contributed by atoms with Crippen LogP contribution in [0.25, 0.3) is 5.65 Å². The number of hydrogen-bond donors (Lipinski definition) is 3. The fourth-order valence-corrected chi connectivity index (χ4v) is 2.96. The number of fused-ring (bicyclic) bond motifs is 1. The predicted molar refractivity (Wildman–Crippen MR) is 111 cm³/mol. The molecule has 3 heterocycles. The van der Waals surface area contributed by atoms with Crippen LogP contribution >= 0.6 is 0 Å². The van der Waals surface area contributed by atoms with E-state index in [0.29, 0.717) is 11.3 Å². The van der Waals surface area contributed by atoms with Crippen LogP contribution in [0.5, 0.6) is 11.6 Å². The molecule has 11 nitrogen and oxygen atoms in total. The Balaban J connectivity index is 1.53. The van der Waals surface area contributed by atoms with Crippen LogP contribution < -0.4 is 15.4 Å². The van der Waals surface area contributed by atoms with E-state index in [0.717, 1.165) is 6.07 Å². The summed E-state index contributed by atoms with van der Waals surface area (Å²) in [5.74, 6) is -1.13. The molecule has 0 unspecified atom stereocenters. The van der Waals surface area contributed by atoms with Crippen molar-refractivity contribution in [3.05, 3.63) is 59.8 Å². The van der Waals surface area contributed by atoms with Crippen molar-refractivity contribution in [2.75, 3.05) is 17.2 Å². The third-order valence-corrected chi connectivity index (χ3v) is 4.35. The van der Waals surface area contributed by atoms with E-state index in [9.17, 15) is 14.0 Å². The highest BCUT2D eigenvalue weighted by Crippen LogP contribution is 2.26. The average molecular weight is 439 g/mol. The van der Waals surface area contributed by atoms with Gasteiger partial charge in [0.2, 0.25) is 5.88 Å². The molecule has 2 amide bonds. The number of nitrogens with one attached hydrogen (secondary N) is 2. The summed E-state index contributed by atoms with van der Waals surface area (Å²) < 4.78 is 22.7. The van der Waals surface area contributed by atoms with Crippen LogP contribution in [0.3, 0.4) is 0 Å². The van der Waals surface area contributed by atoms with Gasteiger partial charge in [0.1, 0.15) is 23.9 Å². The summed E-state index contributed by atoms with van der Waals surface area (Å²) in [5, 5.41) is 22.1. The Hall–Kier alpha value is -4.32. The van der Waals surface area contributed by atoms with Gasteiger partial charge in [-0.15, -0.1) is 5.10 Å². The summed E-state index contributed by atoms with van der Waals surface area (Å²) in [6.07, 6.45) is 1.45. The second-order valence-corrected chi connectivity index (χ2v) is 6.80. The van der Waals surface area contributed by atoms with Crippen molar-refractivity contribution >= 4 is 29.0 Å². The maximum atomic E-state index is 14.3. The van der Waals surface area contributed by atoms with Gasteiger partial charge in [-0.25, -0.2) is 13.9 Å². The summed E-state index contributed by atoms with van der Waals surface area (Å²) in [7, 11) is 1.62. The Labute approximate surface area is 180 Å². The van der Waals surface area contributed by atoms with Crippen molar-refractivity contribution in [3.8, 4) is 11.6 Å². The lowest BCUT2D eigenvalue weighted by Crippen LogP contribution is -2.16. The topological polar surface area (TPSA) is 136 Å². The molecule has 0 bridgehead atoms. The Kier molecular flexibility index (Phi) is 5.52. The number of nitrogens with zero attached hydrogens (tertiary/aromatic N) is 5. The molecule has 4 aromatic rings. The second kappa shape index (κ2) is 8.43. The Morgan fingerprint density at radius 3 is 2.69 bits per heavy atom. The number of aryl methyl sites for hydroxylation is 2. The SMILES string of the molecule is Cc1cc(C(=O)Nc2cc(Oc3ccc4nc(NC(=O)CO)cn4n3)ccc2F)n(C)n1. The largest absolute Gasteiger partial charge is 0.438 e. The lowest BCUT2D eigenvalue weighted by molar-refractivity contribution is -0.118. The summed E-state index contributed by atoms with van der Waals surface area (Å²) in [6.45, 7) is 1.08. The first-order valence-corrected chi connectivity index (χ1v) is 9.39. The van der Waals surface area contributed by atoms with Crippen molar-refractivity contribution in [3.63, 3.8) is 0 Å². The molecule has 0 aliphatic carbocycles. The minimum absolute atomic E-state index is 0.0657. The van der Waals surface area contributed by atoms with Crippen LogP contribution in [0.2, 0.25) is 0 Å². The molecule has 3 N–H and O–H groups in total. The van der Waals surface area contributed by atoms with E-state index in [2.05, 4.69) is 25.8 Å². The van der Waals surface area contributed by atoms with Gasteiger partial charge in [0.15, 0.2) is 11.5 Å². The number of anilines is 2. The number of carbonyl (C=O) groups is 2. The van der Waals surface area contributed by atoms with E-state index < -0.39 is 24.2 Å². The lowest BCUT2D eigenvalue weighted by atomic mass is 10.2. The molecule has 0 saturated carbocycles. The number of halogens is 1. The molecule has 12 heteroatoms. The number of carbonyl (C=O) groups excluding carboxylic acids is 2. The maximum Gasteiger partial charge on any atom is 0.274 e. The number of benzene rings is 1. The van der Waals surface area contributed by atoms with Gasteiger partial charge in [-0.1, -0.05) is 0 Å². The first-order valence-electron chi connectivity index (χ1n) is 9.39. The minimum atomic E-state index is -0.667. The average Bonchev–Trinajstić information content (AvgIpc) is 3.31. The van der Waals surface area contributed by atoms with E-state index in [1.807, 2.05) is 0 Å². The normalized spacial score (nSPS) is 10.9. The van der Waals surface area contributed by atoms with Crippen molar-refractivity contribution in [2.45, 2.75) is 6.92 Å². The van der Waals surface area contributed by atoms with Gasteiger partial charge < -0.3 is 20.5 Å². The highest BCUT2D eigenvalue weighted by Gasteiger charge is 2.15. The zero-order valence-corrected chi connectivity index (χ0v) is 17.0. The van der Waals surface area contributed by atoms with Crippen LogP contribution in [0.1, 0.15) is 16.2 Å². The number of amides is 2. The predicted octanol–water partition coefficient (Wildman–Crippen LogP) is 1.89. The Morgan fingerprint density at radius 2 is 1.97 bits per heavy atom. The lowest BCUT2D eigenvalue weighted by Gasteiger charge is -2.10. The standard InChI is InChI=1S/C20H18FN7O4/c1-11-7-15(27(2)25-11)20(31)22-14-8-12(3-4-13(14)21)32-19-6-5-17-23-16(9-28(17)26-19)24-18(30)10-29/h3-9,29H,10H2,1-2H3,(H,22,31)(H,24,30). The quantitative estimate of drug-likeness (QED) is 0.417. The van der Waals surface area contributed by atoms with E-state index in [-0.39, 0.29) is 28.8 Å². The number of hydrogen-bond acceptors (Lipinski definition) is 7. The van der Waals surface area contributed by atoms with E-state index in [1.165, 1.54) is 27.5 Å². The number of ether oxygens (including phenoxy) is 1. The highest BCUT2D eigenvalue weighted by molar-refractivity contribution is 6.03. The number of aliphatic hydroxyl groups is 1. The number of imidazole rings is 1. The molecular weight excluding hydrogens is 421 g/mol. The molecule has 0 aliphatic heterocycles. The fourth-order valence-electron chi connectivity index (χ4n) is 2.96. The maximum absolute atomic E-state index is 14.3. The second-order valence-electron chi connectivity index (χ2n) is 6.80. The van der Waals surface area contributed by atoms with Gasteiger partial charge in [-0.2, -0.15) is 5.10 Å². The van der Waals surface area contributed by atoms with Crippen molar-refractivity contribution in [2.24, 2.45) is 7.05 Å². The monoisotopic (exact) mass is 439 g/mol. The molecule has 32 heavy (non-hydrogen) atoms. The Morgan fingerprint density at radius 1 is 1.16 bits per heavy atom. The van der Waals surface area contributed by atoms with Crippen molar-refractivity contribution in [1.29, 1.82) is 0 Å². The van der Waals surface area contributed by atoms with E-state index >= 15 is 0 Å². The molecule has 3 aromatic heterocycles. The fraction of sp³-hybridized carbons (Fsp3) is 0.150. The first kappa shape index (κ1) is 20.9. The molecule has 0 aliphatic rings. The Bertz CT molecular complexity index is 1330. The molecule has 0 radical (unpaired) electrons. The first-order chi connectivity index (χ1) is 15.3. The van der Waals surface area contributed by atoms with Gasteiger partial charge in [-0.3, -0.25) is 14.3 Å². The smallest absolute Gasteiger partial charge is 0.274 e. The minimum Gasteiger partial charge on any atom is -0.438 e. The molecule has 0 spiro atoms. The van der Waals surface area contributed by atoms with Crippen LogP contribution in [0.4, 0.5) is 15.9 Å². The van der Waals surface area contributed by atoms with Gasteiger partial charge >= 0.3 is 0 Å². The van der Waals surface area contributed by atoms with Crippen LogP contribution in [-0.2, 0) is 11.8 Å². The summed E-state index contributed by atoms with van der Waals surface area (Å²) >= 11 is 0. The summed E-state index contributed by atoms with van der Waals surface area (Å²) in [6, 6.07) is 8.63. The zero-order chi connectivity index (χ0) is 22.8.